The number of ether oxygens (including phenoxy) is 2. The van der Waals surface area contributed by atoms with Crippen LogP contribution >= 0.6 is 11.8 Å². The summed E-state index contributed by atoms with van der Waals surface area (Å²) in [5.41, 5.74) is 6.15. The SMILES string of the molecule is CCOc1cc(/C(N)=N/O)ccc1OCCSCC. The molecule has 0 aliphatic carbocycles. The van der Waals surface area contributed by atoms with Crippen molar-refractivity contribution in [1.82, 2.24) is 0 Å². The molecule has 0 heterocycles. The van der Waals surface area contributed by atoms with Crippen LogP contribution in [0, 0.1) is 0 Å². The maximum atomic E-state index is 8.67. The Bertz CT molecular complexity index is 424. The van der Waals surface area contributed by atoms with Gasteiger partial charge in [-0.2, -0.15) is 11.8 Å². The molecule has 0 unspecified atom stereocenters. The summed E-state index contributed by atoms with van der Waals surface area (Å²) in [5, 5.41) is 11.6. The van der Waals surface area contributed by atoms with Gasteiger partial charge in [-0.05, 0) is 30.9 Å². The van der Waals surface area contributed by atoms with Crippen molar-refractivity contribution in [3.63, 3.8) is 0 Å². The third-order valence-electron chi connectivity index (χ3n) is 2.34. The number of amidine groups is 1. The van der Waals surface area contributed by atoms with Crippen LogP contribution in [-0.4, -0.2) is 35.8 Å². The van der Waals surface area contributed by atoms with Gasteiger partial charge >= 0.3 is 0 Å². The molecule has 1 aromatic carbocycles. The van der Waals surface area contributed by atoms with E-state index in [1.807, 2.05) is 18.7 Å². The highest BCUT2D eigenvalue weighted by atomic mass is 32.2. The molecule has 1 aromatic rings. The topological polar surface area (TPSA) is 77.1 Å². The summed E-state index contributed by atoms with van der Waals surface area (Å²) < 4.78 is 11.2. The van der Waals surface area contributed by atoms with E-state index in [2.05, 4.69) is 12.1 Å². The second-order valence-corrected chi connectivity index (χ2v) is 5.02. The zero-order chi connectivity index (χ0) is 14.1. The Labute approximate surface area is 117 Å². The Balaban J connectivity index is 2.79. The Morgan fingerprint density at radius 3 is 2.74 bits per heavy atom. The maximum absolute atomic E-state index is 8.67. The van der Waals surface area contributed by atoms with Crippen LogP contribution in [-0.2, 0) is 0 Å². The summed E-state index contributed by atoms with van der Waals surface area (Å²) in [5.74, 6) is 3.34. The Morgan fingerprint density at radius 2 is 2.11 bits per heavy atom. The van der Waals surface area contributed by atoms with Gasteiger partial charge in [0.05, 0.1) is 13.2 Å². The normalized spacial score (nSPS) is 11.4. The number of nitrogens with zero attached hydrogens (tertiary/aromatic N) is 1. The molecule has 0 spiro atoms. The molecule has 0 amide bonds. The van der Waals surface area contributed by atoms with E-state index in [0.29, 0.717) is 30.3 Å². The van der Waals surface area contributed by atoms with Crippen LogP contribution in [0.2, 0.25) is 0 Å². The number of benzene rings is 1. The Hall–Kier alpha value is -1.56. The predicted octanol–water partition coefficient (Wildman–Crippen LogP) is 2.31. The summed E-state index contributed by atoms with van der Waals surface area (Å²) in [6.45, 7) is 5.16. The molecule has 0 saturated heterocycles. The van der Waals surface area contributed by atoms with Crippen LogP contribution in [0.15, 0.2) is 23.4 Å². The summed E-state index contributed by atoms with van der Waals surface area (Å²) in [6, 6.07) is 5.22. The molecule has 0 bridgehead atoms. The first-order valence-electron chi connectivity index (χ1n) is 6.18. The molecule has 5 nitrogen and oxygen atoms in total. The number of hydrogen-bond acceptors (Lipinski definition) is 5. The van der Waals surface area contributed by atoms with Crippen molar-refractivity contribution in [3.05, 3.63) is 23.8 Å². The summed E-state index contributed by atoms with van der Waals surface area (Å²) in [6.07, 6.45) is 0. The molecule has 0 aliphatic rings. The molecule has 19 heavy (non-hydrogen) atoms. The molecule has 0 aliphatic heterocycles. The van der Waals surface area contributed by atoms with E-state index >= 15 is 0 Å². The van der Waals surface area contributed by atoms with Gasteiger partial charge in [0, 0.05) is 11.3 Å². The van der Waals surface area contributed by atoms with Crippen molar-refractivity contribution in [2.24, 2.45) is 10.9 Å². The lowest BCUT2D eigenvalue weighted by atomic mass is 10.2. The van der Waals surface area contributed by atoms with Gasteiger partial charge in [0.1, 0.15) is 0 Å². The standard InChI is InChI=1S/C13H20N2O3S/c1-3-17-12-9-10(13(14)15-16)5-6-11(12)18-7-8-19-4-2/h5-6,9,16H,3-4,7-8H2,1-2H3,(H2,14,15). The summed E-state index contributed by atoms with van der Waals surface area (Å²) in [4.78, 5) is 0. The minimum atomic E-state index is 0.0500. The molecule has 106 valence electrons. The minimum Gasteiger partial charge on any atom is -0.490 e. The highest BCUT2D eigenvalue weighted by Gasteiger charge is 2.08. The number of thioether (sulfide) groups is 1. The molecular formula is C13H20N2O3S. The van der Waals surface area contributed by atoms with Crippen LogP contribution < -0.4 is 15.2 Å². The number of hydrogen-bond donors (Lipinski definition) is 2. The molecule has 3 N–H and O–H groups in total. The largest absolute Gasteiger partial charge is 0.490 e. The van der Waals surface area contributed by atoms with Gasteiger partial charge < -0.3 is 20.4 Å². The lowest BCUT2D eigenvalue weighted by Crippen LogP contribution is -2.13. The third kappa shape index (κ3) is 4.90. The fourth-order valence-corrected chi connectivity index (χ4v) is 1.96. The molecule has 6 heteroatoms. The molecule has 0 saturated carbocycles. The van der Waals surface area contributed by atoms with Crippen molar-refractivity contribution >= 4 is 17.6 Å². The van der Waals surface area contributed by atoms with E-state index in [0.717, 1.165) is 11.5 Å². The van der Waals surface area contributed by atoms with Gasteiger partial charge in [0.15, 0.2) is 17.3 Å². The van der Waals surface area contributed by atoms with Gasteiger partial charge in [0.25, 0.3) is 0 Å². The zero-order valence-corrected chi connectivity index (χ0v) is 12.1. The van der Waals surface area contributed by atoms with Gasteiger partial charge in [-0.25, -0.2) is 0 Å². The van der Waals surface area contributed by atoms with E-state index in [1.165, 1.54) is 0 Å². The smallest absolute Gasteiger partial charge is 0.170 e. The first-order valence-corrected chi connectivity index (χ1v) is 7.33. The van der Waals surface area contributed by atoms with Gasteiger partial charge in [0.2, 0.25) is 0 Å². The van der Waals surface area contributed by atoms with Crippen molar-refractivity contribution in [2.45, 2.75) is 13.8 Å². The average Bonchev–Trinajstić information content (AvgIpc) is 2.44. The molecule has 0 radical (unpaired) electrons. The number of rotatable bonds is 8. The fourth-order valence-electron chi connectivity index (χ4n) is 1.47. The zero-order valence-electron chi connectivity index (χ0n) is 11.3. The van der Waals surface area contributed by atoms with Crippen molar-refractivity contribution in [1.29, 1.82) is 0 Å². The summed E-state index contributed by atoms with van der Waals surface area (Å²) in [7, 11) is 0. The van der Waals surface area contributed by atoms with Crippen molar-refractivity contribution in [3.8, 4) is 11.5 Å². The monoisotopic (exact) mass is 284 g/mol. The van der Waals surface area contributed by atoms with Gasteiger partial charge in [-0.3, -0.25) is 0 Å². The Morgan fingerprint density at radius 1 is 1.32 bits per heavy atom. The molecule has 0 atom stereocenters. The maximum Gasteiger partial charge on any atom is 0.170 e. The van der Waals surface area contributed by atoms with E-state index in [-0.39, 0.29) is 5.84 Å². The van der Waals surface area contributed by atoms with Gasteiger partial charge in [-0.1, -0.05) is 12.1 Å². The van der Waals surface area contributed by atoms with E-state index in [4.69, 9.17) is 20.4 Å². The quantitative estimate of drug-likeness (QED) is 0.252. The molecular weight excluding hydrogens is 264 g/mol. The second-order valence-electron chi connectivity index (χ2n) is 3.63. The first-order chi connectivity index (χ1) is 9.22. The van der Waals surface area contributed by atoms with Crippen LogP contribution in [0.3, 0.4) is 0 Å². The summed E-state index contributed by atoms with van der Waals surface area (Å²) >= 11 is 1.82. The lowest BCUT2D eigenvalue weighted by Gasteiger charge is -2.12. The average molecular weight is 284 g/mol. The molecule has 0 fully saturated rings. The van der Waals surface area contributed by atoms with Crippen molar-refractivity contribution < 1.29 is 14.7 Å². The van der Waals surface area contributed by atoms with E-state index in [1.54, 1.807) is 18.2 Å². The highest BCUT2D eigenvalue weighted by molar-refractivity contribution is 7.99. The second kappa shape index (κ2) is 8.53. The molecule has 0 aromatic heterocycles. The predicted molar refractivity (Wildman–Crippen MR) is 78.6 cm³/mol. The minimum absolute atomic E-state index is 0.0500. The van der Waals surface area contributed by atoms with Crippen molar-refractivity contribution in [2.75, 3.05) is 24.7 Å². The van der Waals surface area contributed by atoms with Crippen LogP contribution in [0.5, 0.6) is 11.5 Å². The molecule has 1 rings (SSSR count). The van der Waals surface area contributed by atoms with Gasteiger partial charge in [-0.15, -0.1) is 0 Å². The fraction of sp³-hybridized carbons (Fsp3) is 0.462. The van der Waals surface area contributed by atoms with Crippen LogP contribution in [0.4, 0.5) is 0 Å². The Kier molecular flexibility index (Phi) is 6.95. The van der Waals surface area contributed by atoms with Crippen LogP contribution in [0.1, 0.15) is 19.4 Å². The lowest BCUT2D eigenvalue weighted by molar-refractivity contribution is 0.289. The van der Waals surface area contributed by atoms with E-state index in [9.17, 15) is 0 Å². The third-order valence-corrected chi connectivity index (χ3v) is 3.20. The van der Waals surface area contributed by atoms with E-state index < -0.39 is 0 Å². The van der Waals surface area contributed by atoms with Crippen LogP contribution in [0.25, 0.3) is 0 Å². The number of oxime groups is 1. The first kappa shape index (κ1) is 15.5. The number of nitrogens with two attached hydrogens (primary N) is 1. The highest BCUT2D eigenvalue weighted by Crippen LogP contribution is 2.28.